The minimum absolute atomic E-state index is 0.0829. The highest BCUT2D eigenvalue weighted by Gasteiger charge is 2.39. The first kappa shape index (κ1) is 25.2. The molecular formula is C28H38N4O3. The van der Waals surface area contributed by atoms with Gasteiger partial charge in [0.15, 0.2) is 0 Å². The van der Waals surface area contributed by atoms with E-state index in [1.807, 2.05) is 36.4 Å². The van der Waals surface area contributed by atoms with Crippen LogP contribution in [0.5, 0.6) is 5.75 Å². The lowest BCUT2D eigenvalue weighted by Gasteiger charge is -2.45. The third-order valence-corrected chi connectivity index (χ3v) is 6.53. The highest BCUT2D eigenvalue weighted by atomic mass is 16.5. The molecule has 7 nitrogen and oxygen atoms in total. The third-order valence-electron chi connectivity index (χ3n) is 6.53. The number of hydrogen-bond acceptors (Lipinski definition) is 6. The number of piperidine rings is 1. The second-order valence-electron chi connectivity index (χ2n) is 12.2. The number of phenols is 1. The van der Waals surface area contributed by atoms with Gasteiger partial charge in [-0.2, -0.15) is 0 Å². The quantitative estimate of drug-likeness (QED) is 0.490. The summed E-state index contributed by atoms with van der Waals surface area (Å²) < 4.78 is 5.90. The van der Waals surface area contributed by atoms with Crippen LogP contribution < -0.4 is 5.32 Å². The monoisotopic (exact) mass is 478 g/mol. The van der Waals surface area contributed by atoms with Crippen molar-refractivity contribution in [3.63, 3.8) is 0 Å². The van der Waals surface area contributed by atoms with Gasteiger partial charge in [0.05, 0.1) is 0 Å². The van der Waals surface area contributed by atoms with Gasteiger partial charge in [-0.1, -0.05) is 39.0 Å². The summed E-state index contributed by atoms with van der Waals surface area (Å²) in [5.41, 5.74) is 3.29. The lowest BCUT2D eigenvalue weighted by atomic mass is 9.81. The van der Waals surface area contributed by atoms with Crippen LogP contribution in [0, 0.1) is 0 Å². The fourth-order valence-electron chi connectivity index (χ4n) is 5.32. The summed E-state index contributed by atoms with van der Waals surface area (Å²) in [4.78, 5) is 14.3. The number of fused-ring (bicyclic) bond motifs is 1. The Morgan fingerprint density at radius 2 is 1.66 bits per heavy atom. The molecule has 0 amide bonds. The molecule has 7 heteroatoms. The van der Waals surface area contributed by atoms with Gasteiger partial charge in [-0.15, -0.1) is 15.0 Å². The lowest BCUT2D eigenvalue weighted by molar-refractivity contribution is -0.153. The maximum Gasteiger partial charge on any atom is 0.306 e. The zero-order valence-corrected chi connectivity index (χ0v) is 22.0. The first-order valence-corrected chi connectivity index (χ1v) is 12.4. The summed E-state index contributed by atoms with van der Waals surface area (Å²) >= 11 is 0. The van der Waals surface area contributed by atoms with E-state index in [-0.39, 0.29) is 40.7 Å². The predicted molar refractivity (Wildman–Crippen MR) is 138 cm³/mol. The number of rotatable bonds is 5. The Morgan fingerprint density at radius 1 is 1.09 bits per heavy atom. The largest absolute Gasteiger partial charge is 0.505 e. The summed E-state index contributed by atoms with van der Waals surface area (Å²) in [6, 6.07) is 11.5. The van der Waals surface area contributed by atoms with Gasteiger partial charge < -0.3 is 15.2 Å². The Bertz CT molecular complexity index is 1190. The lowest BCUT2D eigenvalue weighted by Crippen LogP contribution is -2.59. The van der Waals surface area contributed by atoms with Gasteiger partial charge in [0, 0.05) is 35.9 Å². The number of nitrogens with one attached hydrogen (secondary N) is 1. The molecule has 1 aliphatic rings. The summed E-state index contributed by atoms with van der Waals surface area (Å²) in [7, 11) is 0. The van der Waals surface area contributed by atoms with Crippen LogP contribution in [0.15, 0.2) is 36.4 Å². The van der Waals surface area contributed by atoms with Gasteiger partial charge >= 0.3 is 5.97 Å². The molecule has 0 unspecified atom stereocenters. The van der Waals surface area contributed by atoms with Crippen molar-refractivity contribution < 1.29 is 14.6 Å². The molecule has 0 spiro atoms. The molecule has 1 aromatic heterocycles. The Hall–Kier alpha value is -2.93. The average Bonchev–Trinajstić information content (AvgIpc) is 3.13. The van der Waals surface area contributed by atoms with Crippen molar-refractivity contribution in [1.29, 1.82) is 0 Å². The Kier molecular flexibility index (Phi) is 6.43. The van der Waals surface area contributed by atoms with Crippen LogP contribution >= 0.6 is 0 Å². The number of carbonyl (C=O) groups is 1. The van der Waals surface area contributed by atoms with E-state index in [0.29, 0.717) is 12.1 Å². The number of aryl methyl sites for hydroxylation is 1. The van der Waals surface area contributed by atoms with Crippen LogP contribution in [-0.2, 0) is 21.4 Å². The standard InChI is InChI=1S/C28H38N4O3/c1-26(2,3)20-14-18(12-13-24(33)35-19-16-27(4,5)31-28(6,7)17-19)15-23(25(20)34)32-29-21-10-8-9-11-22(21)30-32/h8-11,14-15,19,31,34H,12-13,16-17H2,1-7H3. The zero-order valence-electron chi connectivity index (χ0n) is 22.0. The SMILES string of the molecule is CC1(C)CC(OC(=O)CCc2cc(-n3nc4ccccc4n3)c(O)c(C(C)(C)C)c2)CC(C)(C)N1. The fraction of sp³-hybridized carbons (Fsp3) is 0.536. The summed E-state index contributed by atoms with van der Waals surface area (Å²) in [5, 5.41) is 23.9. The number of phenolic OH excluding ortho intramolecular Hbond substituents is 1. The van der Waals surface area contributed by atoms with Crippen LogP contribution in [0.3, 0.4) is 0 Å². The maximum atomic E-state index is 12.8. The molecule has 3 aromatic rings. The molecule has 2 N–H and O–H groups in total. The fourth-order valence-corrected chi connectivity index (χ4v) is 5.32. The number of esters is 1. The van der Waals surface area contributed by atoms with Crippen LogP contribution in [0.4, 0.5) is 0 Å². The topological polar surface area (TPSA) is 89.3 Å². The van der Waals surface area contributed by atoms with Crippen molar-refractivity contribution in [2.24, 2.45) is 0 Å². The van der Waals surface area contributed by atoms with Crippen LogP contribution in [-0.4, -0.2) is 43.3 Å². The number of ether oxygens (including phenoxy) is 1. The van der Waals surface area contributed by atoms with Crippen LogP contribution in [0.2, 0.25) is 0 Å². The molecule has 2 heterocycles. The highest BCUT2D eigenvalue weighted by molar-refractivity contribution is 5.74. The molecule has 0 radical (unpaired) electrons. The van der Waals surface area contributed by atoms with Crippen LogP contribution in [0.25, 0.3) is 16.7 Å². The molecule has 0 saturated carbocycles. The molecule has 4 rings (SSSR count). The van der Waals surface area contributed by atoms with Crippen LogP contribution in [0.1, 0.15) is 78.9 Å². The van der Waals surface area contributed by atoms with Crippen molar-refractivity contribution in [2.75, 3.05) is 0 Å². The normalized spacial score (nSPS) is 18.0. The zero-order chi connectivity index (χ0) is 25.6. The Labute approximate surface area is 207 Å². The number of carbonyl (C=O) groups excluding carboxylic acids is 1. The van der Waals surface area contributed by atoms with Gasteiger partial charge in [0.25, 0.3) is 0 Å². The van der Waals surface area contributed by atoms with E-state index in [2.05, 4.69) is 64.0 Å². The molecule has 188 valence electrons. The minimum Gasteiger partial charge on any atom is -0.505 e. The number of aromatic hydroxyl groups is 1. The van der Waals surface area contributed by atoms with Gasteiger partial charge in [-0.25, -0.2) is 0 Å². The molecule has 1 saturated heterocycles. The van der Waals surface area contributed by atoms with Gasteiger partial charge in [0.1, 0.15) is 28.6 Å². The van der Waals surface area contributed by atoms with E-state index in [4.69, 9.17) is 4.74 Å². The predicted octanol–water partition coefficient (Wildman–Crippen LogP) is 5.21. The van der Waals surface area contributed by atoms with E-state index in [1.165, 1.54) is 4.80 Å². The number of benzene rings is 2. The molecule has 1 fully saturated rings. The Morgan fingerprint density at radius 3 is 2.20 bits per heavy atom. The van der Waals surface area contributed by atoms with E-state index in [9.17, 15) is 9.90 Å². The molecule has 0 aliphatic carbocycles. The van der Waals surface area contributed by atoms with Crippen molar-refractivity contribution in [2.45, 2.75) is 96.7 Å². The van der Waals surface area contributed by atoms with E-state index < -0.39 is 0 Å². The number of nitrogens with zero attached hydrogens (tertiary/aromatic N) is 3. The molecule has 2 aromatic carbocycles. The number of aromatic nitrogens is 3. The van der Waals surface area contributed by atoms with Gasteiger partial charge in [-0.3, -0.25) is 4.79 Å². The van der Waals surface area contributed by atoms with Crippen molar-refractivity contribution in [3.05, 3.63) is 47.5 Å². The average molecular weight is 479 g/mol. The maximum absolute atomic E-state index is 12.8. The van der Waals surface area contributed by atoms with Crippen molar-refractivity contribution >= 4 is 17.0 Å². The third kappa shape index (κ3) is 5.84. The highest BCUT2D eigenvalue weighted by Crippen LogP contribution is 2.37. The second-order valence-corrected chi connectivity index (χ2v) is 12.2. The molecular weight excluding hydrogens is 440 g/mol. The molecule has 35 heavy (non-hydrogen) atoms. The molecule has 0 bridgehead atoms. The molecule has 1 aliphatic heterocycles. The van der Waals surface area contributed by atoms with Gasteiger partial charge in [0.2, 0.25) is 0 Å². The summed E-state index contributed by atoms with van der Waals surface area (Å²) in [5.74, 6) is -0.0401. The Balaban J connectivity index is 1.55. The number of hydrogen-bond donors (Lipinski definition) is 2. The van der Waals surface area contributed by atoms with Gasteiger partial charge in [-0.05, 0) is 63.3 Å². The molecule has 0 atom stereocenters. The summed E-state index contributed by atoms with van der Waals surface area (Å²) in [6.07, 6.45) is 2.26. The van der Waals surface area contributed by atoms with E-state index in [1.54, 1.807) is 0 Å². The van der Waals surface area contributed by atoms with E-state index in [0.717, 1.165) is 35.0 Å². The minimum atomic E-state index is -0.297. The second kappa shape index (κ2) is 8.94. The summed E-state index contributed by atoms with van der Waals surface area (Å²) in [6.45, 7) is 14.7. The smallest absolute Gasteiger partial charge is 0.306 e. The van der Waals surface area contributed by atoms with Crippen molar-refractivity contribution in [3.8, 4) is 11.4 Å². The van der Waals surface area contributed by atoms with E-state index >= 15 is 0 Å². The first-order chi connectivity index (χ1) is 16.2. The van der Waals surface area contributed by atoms with Crippen molar-refractivity contribution in [1.82, 2.24) is 20.3 Å². The first-order valence-electron chi connectivity index (χ1n) is 12.4.